The number of halogens is 1. The lowest BCUT2D eigenvalue weighted by atomic mass is 9.85. The highest BCUT2D eigenvalue weighted by Crippen LogP contribution is 2.40. The van der Waals surface area contributed by atoms with Gasteiger partial charge in [-0.15, -0.1) is 0 Å². The maximum Gasteiger partial charge on any atom is 0.417 e. The number of hydrogen-bond acceptors (Lipinski definition) is 5. The summed E-state index contributed by atoms with van der Waals surface area (Å²) < 4.78 is 25.7. The zero-order valence-electron chi connectivity index (χ0n) is 15.7. The van der Waals surface area contributed by atoms with Crippen LogP contribution in [0.2, 0.25) is 0 Å². The van der Waals surface area contributed by atoms with Gasteiger partial charge in [0, 0.05) is 32.0 Å². The zero-order valence-corrected chi connectivity index (χ0v) is 15.7. The van der Waals surface area contributed by atoms with Crippen molar-refractivity contribution in [3.63, 3.8) is 0 Å². The van der Waals surface area contributed by atoms with Gasteiger partial charge in [0.25, 0.3) is 5.91 Å². The first-order valence-corrected chi connectivity index (χ1v) is 8.45. The van der Waals surface area contributed by atoms with Crippen LogP contribution in [-0.4, -0.2) is 64.4 Å². The Hall–Kier alpha value is -1.86. The molecule has 2 aliphatic heterocycles. The lowest BCUT2D eigenvalue weighted by Gasteiger charge is -2.37. The fourth-order valence-electron chi connectivity index (χ4n) is 2.98. The van der Waals surface area contributed by atoms with Crippen LogP contribution >= 0.6 is 0 Å². The van der Waals surface area contributed by atoms with Crippen LogP contribution in [0.1, 0.15) is 48.0 Å². The highest BCUT2D eigenvalue weighted by Gasteiger charge is 2.60. The molecule has 0 radical (unpaired) electrons. The molecule has 142 valence electrons. The third-order valence-electron chi connectivity index (χ3n) is 4.10. The second kappa shape index (κ2) is 6.14. The van der Waals surface area contributed by atoms with Gasteiger partial charge in [-0.05, 0) is 41.5 Å². The van der Waals surface area contributed by atoms with Gasteiger partial charge in [0.1, 0.15) is 11.2 Å². The minimum absolute atomic E-state index is 0.0243. The number of amides is 3. The number of carbonyl (C=O) groups is 3. The van der Waals surface area contributed by atoms with Crippen molar-refractivity contribution in [2.24, 2.45) is 5.92 Å². The molecule has 3 amide bonds. The molecule has 0 spiro atoms. The first-order chi connectivity index (χ1) is 11.2. The normalized spacial score (nSPS) is 27.2. The molecule has 2 rings (SSSR count). The third kappa shape index (κ3) is 4.22. The minimum atomic E-state index is -2.14. The Kier molecular flexibility index (Phi) is 4.78. The summed E-state index contributed by atoms with van der Waals surface area (Å²) in [5.74, 6) is -1.66. The number of rotatable bonds is 0. The molecule has 2 aliphatic rings. The van der Waals surface area contributed by atoms with Gasteiger partial charge in [0.2, 0.25) is 0 Å². The minimum Gasteiger partial charge on any atom is -0.444 e. The predicted octanol–water partition coefficient (Wildman–Crippen LogP) is 2.73. The molecule has 0 saturated carbocycles. The quantitative estimate of drug-likeness (QED) is 0.665. The maximum absolute atomic E-state index is 15.2. The zero-order chi connectivity index (χ0) is 19.2. The molecular formula is C17H27FN2O5. The lowest BCUT2D eigenvalue weighted by molar-refractivity contribution is -0.140. The molecule has 25 heavy (non-hydrogen) atoms. The first kappa shape index (κ1) is 19.5. The van der Waals surface area contributed by atoms with E-state index >= 15 is 4.39 Å². The number of carbonyl (C=O) groups excluding carboxylic acids is 3. The van der Waals surface area contributed by atoms with Crippen molar-refractivity contribution in [2.75, 3.05) is 19.6 Å². The fourth-order valence-corrected chi connectivity index (χ4v) is 2.98. The first-order valence-electron chi connectivity index (χ1n) is 8.45. The SMILES string of the molecule is CC(C)(C)OC(=O)N1CC[C@]2(F)C(=O)N(C(=O)OC(C)(C)C)C[C@@H]2C1. The molecule has 0 aromatic carbocycles. The molecule has 2 heterocycles. The van der Waals surface area contributed by atoms with Crippen molar-refractivity contribution in [2.45, 2.75) is 64.8 Å². The number of hydrogen-bond donors (Lipinski definition) is 0. The number of likely N-dealkylation sites (tertiary alicyclic amines) is 2. The summed E-state index contributed by atoms with van der Waals surface area (Å²) in [4.78, 5) is 39.0. The van der Waals surface area contributed by atoms with E-state index in [1.165, 1.54) is 4.90 Å². The van der Waals surface area contributed by atoms with E-state index in [4.69, 9.17) is 9.47 Å². The van der Waals surface area contributed by atoms with Gasteiger partial charge in [-0.1, -0.05) is 0 Å². The number of imide groups is 1. The van der Waals surface area contributed by atoms with Crippen LogP contribution in [0.4, 0.5) is 14.0 Å². The summed E-state index contributed by atoms with van der Waals surface area (Å²) in [5, 5.41) is 0. The molecule has 0 bridgehead atoms. The molecule has 0 unspecified atom stereocenters. The van der Waals surface area contributed by atoms with Crippen molar-refractivity contribution in [1.29, 1.82) is 0 Å². The van der Waals surface area contributed by atoms with Crippen LogP contribution in [0.25, 0.3) is 0 Å². The highest BCUT2D eigenvalue weighted by atomic mass is 19.1. The van der Waals surface area contributed by atoms with E-state index in [1.807, 2.05) is 0 Å². The van der Waals surface area contributed by atoms with Crippen molar-refractivity contribution in [3.05, 3.63) is 0 Å². The molecule has 2 atom stereocenters. The molecule has 2 fully saturated rings. The van der Waals surface area contributed by atoms with Crippen LogP contribution in [-0.2, 0) is 14.3 Å². The highest BCUT2D eigenvalue weighted by molar-refractivity contribution is 5.99. The Morgan fingerprint density at radius 2 is 1.56 bits per heavy atom. The third-order valence-corrected chi connectivity index (χ3v) is 4.10. The van der Waals surface area contributed by atoms with E-state index in [0.29, 0.717) is 0 Å². The van der Waals surface area contributed by atoms with E-state index in [2.05, 4.69) is 0 Å². The number of ether oxygens (including phenoxy) is 2. The van der Waals surface area contributed by atoms with Gasteiger partial charge in [-0.25, -0.2) is 18.9 Å². The van der Waals surface area contributed by atoms with Gasteiger partial charge in [-0.3, -0.25) is 4.79 Å². The number of nitrogens with zero attached hydrogens (tertiary/aromatic N) is 2. The van der Waals surface area contributed by atoms with Gasteiger partial charge in [-0.2, -0.15) is 0 Å². The van der Waals surface area contributed by atoms with Crippen LogP contribution < -0.4 is 0 Å². The Bertz CT molecular complexity index is 581. The van der Waals surface area contributed by atoms with Crippen LogP contribution in [0.15, 0.2) is 0 Å². The Morgan fingerprint density at radius 3 is 2.08 bits per heavy atom. The van der Waals surface area contributed by atoms with Crippen molar-refractivity contribution in [1.82, 2.24) is 9.80 Å². The molecule has 8 heteroatoms. The van der Waals surface area contributed by atoms with Crippen LogP contribution in [0.3, 0.4) is 0 Å². The van der Waals surface area contributed by atoms with Gasteiger partial charge >= 0.3 is 12.2 Å². The number of fused-ring (bicyclic) bond motifs is 1. The smallest absolute Gasteiger partial charge is 0.417 e. The van der Waals surface area contributed by atoms with Crippen molar-refractivity contribution >= 4 is 18.1 Å². The monoisotopic (exact) mass is 358 g/mol. The summed E-state index contributed by atoms with van der Waals surface area (Å²) in [7, 11) is 0. The average molecular weight is 358 g/mol. The lowest BCUT2D eigenvalue weighted by Crippen LogP contribution is -2.53. The standard InChI is InChI=1S/C17H27FN2O5/c1-15(2,3)24-13(22)19-8-7-17(18)11(9-19)10-20(12(17)21)14(23)25-16(4,5)6/h11H,7-10H2,1-6H3/t11-,17+/m0/s1. The summed E-state index contributed by atoms with van der Waals surface area (Å²) in [5.41, 5.74) is -3.58. The van der Waals surface area contributed by atoms with Crippen molar-refractivity contribution in [3.8, 4) is 0 Å². The molecular weight excluding hydrogens is 331 g/mol. The van der Waals surface area contributed by atoms with E-state index in [1.54, 1.807) is 41.5 Å². The largest absolute Gasteiger partial charge is 0.444 e. The molecule has 0 aromatic rings. The van der Waals surface area contributed by atoms with E-state index in [9.17, 15) is 14.4 Å². The second-order valence-corrected chi connectivity index (χ2v) is 8.63. The fraction of sp³-hybridized carbons (Fsp3) is 0.824. The molecule has 2 saturated heterocycles. The van der Waals surface area contributed by atoms with Gasteiger partial charge < -0.3 is 14.4 Å². The summed E-state index contributed by atoms with van der Waals surface area (Å²) in [6.45, 7) is 10.2. The Balaban J connectivity index is 2.09. The van der Waals surface area contributed by atoms with Gasteiger partial charge in [0.15, 0.2) is 5.67 Å². The molecule has 0 aliphatic carbocycles. The van der Waals surface area contributed by atoms with Crippen LogP contribution in [0.5, 0.6) is 0 Å². The van der Waals surface area contributed by atoms with Crippen LogP contribution in [0, 0.1) is 5.92 Å². The molecule has 0 N–H and O–H groups in total. The molecule has 7 nitrogen and oxygen atoms in total. The molecule has 0 aromatic heterocycles. The summed E-state index contributed by atoms with van der Waals surface area (Å²) in [6, 6.07) is 0. The Labute approximate surface area is 147 Å². The average Bonchev–Trinajstić information content (AvgIpc) is 2.67. The maximum atomic E-state index is 15.2. The number of alkyl halides is 1. The topological polar surface area (TPSA) is 76.2 Å². The summed E-state index contributed by atoms with van der Waals surface area (Å²) in [6.07, 6.45) is -1.56. The predicted molar refractivity (Wildman–Crippen MR) is 87.7 cm³/mol. The summed E-state index contributed by atoms with van der Waals surface area (Å²) >= 11 is 0. The van der Waals surface area contributed by atoms with Gasteiger partial charge in [0.05, 0.1) is 0 Å². The second-order valence-electron chi connectivity index (χ2n) is 8.63. The van der Waals surface area contributed by atoms with E-state index < -0.39 is 40.9 Å². The Morgan fingerprint density at radius 1 is 1.04 bits per heavy atom. The van der Waals surface area contributed by atoms with Crippen molar-refractivity contribution < 1.29 is 28.2 Å². The van der Waals surface area contributed by atoms with E-state index in [-0.39, 0.29) is 26.1 Å². The number of piperidine rings is 1. The van der Waals surface area contributed by atoms with E-state index in [0.717, 1.165) is 4.90 Å².